The molecule has 2 unspecified atom stereocenters. The molecule has 1 heterocycles. The van der Waals surface area contributed by atoms with Gasteiger partial charge in [0.05, 0.1) is 5.52 Å². The van der Waals surface area contributed by atoms with Crippen LogP contribution >= 0.6 is 0 Å². The van der Waals surface area contributed by atoms with Crippen LogP contribution in [0, 0.1) is 12.3 Å². The Morgan fingerprint density at radius 3 is 2.02 bits per heavy atom. The number of carboxylic acids is 2. The zero-order valence-corrected chi connectivity index (χ0v) is 26.1. The molecule has 0 spiro atoms. The van der Waals surface area contributed by atoms with Gasteiger partial charge in [-0.1, -0.05) is 48.7 Å². The molecule has 1 aromatic heterocycles. The average molecular weight is 698 g/mol. The largest absolute Gasteiger partial charge is 0.490 e. The summed E-state index contributed by atoms with van der Waals surface area (Å²) in [6, 6.07) is 14.2. The summed E-state index contributed by atoms with van der Waals surface area (Å²) in [4.78, 5) is 40.4. The summed E-state index contributed by atoms with van der Waals surface area (Å²) in [5.41, 5.74) is 11.5. The smallest absolute Gasteiger partial charge is 0.475 e. The van der Waals surface area contributed by atoms with Crippen molar-refractivity contribution in [3.8, 4) is 0 Å². The van der Waals surface area contributed by atoms with Crippen LogP contribution in [0.5, 0.6) is 0 Å². The summed E-state index contributed by atoms with van der Waals surface area (Å²) in [7, 11) is 0. The number of carboxylic acid groups (broad SMARTS) is 2. The van der Waals surface area contributed by atoms with Crippen LogP contribution in [0.1, 0.15) is 49.3 Å². The topological polar surface area (TPSA) is 203 Å². The van der Waals surface area contributed by atoms with E-state index in [0.717, 1.165) is 64.4 Å². The van der Waals surface area contributed by atoms with Crippen LogP contribution < -0.4 is 21.7 Å². The van der Waals surface area contributed by atoms with Crippen molar-refractivity contribution in [2.24, 2.45) is 5.73 Å². The van der Waals surface area contributed by atoms with Crippen LogP contribution in [0.4, 0.5) is 38.1 Å². The number of halogens is 6. The molecule has 8 N–H and O–H groups in total. The molecule has 1 fully saturated rings. The number of fused-ring (bicyclic) bond motifs is 2. The summed E-state index contributed by atoms with van der Waals surface area (Å²) in [5, 5.41) is 32.5. The fourth-order valence-electron chi connectivity index (χ4n) is 5.21. The van der Waals surface area contributed by atoms with Crippen molar-refractivity contribution in [3.05, 3.63) is 64.7 Å². The van der Waals surface area contributed by atoms with E-state index in [9.17, 15) is 31.1 Å². The number of carbonyl (C=O) groups is 3. The summed E-state index contributed by atoms with van der Waals surface area (Å²) in [6.45, 7) is 4.02. The number of anilines is 2. The van der Waals surface area contributed by atoms with Crippen LogP contribution in [0.15, 0.2) is 48.0 Å². The van der Waals surface area contributed by atoms with Crippen molar-refractivity contribution in [2.45, 2.75) is 70.4 Å². The standard InChI is InChI=1S/C27H31N7O.2C2HF3O2/c1-15-11-12-21-20(13-15)24(30-22-9-5-6-10-23(22)31-26(28)29)33-27(32-21)34-25(35)19-14-17-7-3-4-8-18(17)16(19)2;2*3-2(4,5)1(6)7/h3-4,7-8,11-13,22-23H,5-6,9-10,14H2,1-2H3,(H4,28,29,31)(H2,30,32,33,34,35);2*(H,6,7). The van der Waals surface area contributed by atoms with Crippen molar-refractivity contribution < 1.29 is 50.9 Å². The summed E-state index contributed by atoms with van der Waals surface area (Å²) in [6.07, 6.45) is -5.52. The Balaban J connectivity index is 0.000000392. The highest BCUT2D eigenvalue weighted by Gasteiger charge is 2.39. The van der Waals surface area contributed by atoms with Crippen molar-refractivity contribution in [2.75, 3.05) is 10.6 Å². The number of amides is 1. The Morgan fingerprint density at radius 1 is 0.898 bits per heavy atom. The highest BCUT2D eigenvalue weighted by atomic mass is 19.4. The minimum Gasteiger partial charge on any atom is -0.475 e. The van der Waals surface area contributed by atoms with Crippen LogP contribution in [0.25, 0.3) is 16.5 Å². The van der Waals surface area contributed by atoms with Crippen molar-refractivity contribution in [1.29, 1.82) is 5.41 Å². The lowest BCUT2D eigenvalue weighted by atomic mass is 9.90. The number of nitrogens with one attached hydrogen (secondary N) is 4. The van der Waals surface area contributed by atoms with Crippen molar-refractivity contribution >= 4 is 52.0 Å². The van der Waals surface area contributed by atoms with E-state index >= 15 is 0 Å². The molecule has 1 saturated carbocycles. The number of benzene rings is 2. The number of allylic oxidation sites excluding steroid dienone is 1. The number of aryl methyl sites for hydroxylation is 1. The fraction of sp³-hybridized carbons (Fsp3) is 0.355. The minimum absolute atomic E-state index is 0.0266. The SMILES string of the molecule is CC1=C(C(=O)Nc2nc(NC3CCCCC3NC(=N)N)c3cc(C)ccc3n2)Cc2ccccc21.O=C(O)C(F)(F)F.O=C(O)C(F)(F)F. The molecule has 0 aliphatic heterocycles. The molecule has 3 aromatic rings. The lowest BCUT2D eigenvalue weighted by Gasteiger charge is -2.33. The fourth-order valence-corrected chi connectivity index (χ4v) is 5.21. The molecule has 0 radical (unpaired) electrons. The van der Waals surface area contributed by atoms with Crippen LogP contribution in [0.2, 0.25) is 0 Å². The van der Waals surface area contributed by atoms with Gasteiger partial charge in [-0.3, -0.25) is 15.5 Å². The number of nitrogens with zero attached hydrogens (tertiary/aromatic N) is 2. The average Bonchev–Trinajstić information content (AvgIpc) is 3.34. The maximum Gasteiger partial charge on any atom is 0.490 e. The summed E-state index contributed by atoms with van der Waals surface area (Å²) < 4.78 is 63.5. The van der Waals surface area contributed by atoms with Gasteiger partial charge in [0.25, 0.3) is 5.91 Å². The number of aromatic nitrogens is 2. The van der Waals surface area contributed by atoms with Gasteiger partial charge in [0.1, 0.15) is 5.82 Å². The van der Waals surface area contributed by atoms with Crippen molar-refractivity contribution in [3.63, 3.8) is 0 Å². The van der Waals surface area contributed by atoms with E-state index in [1.807, 2.05) is 38.1 Å². The lowest BCUT2D eigenvalue weighted by Crippen LogP contribution is -2.50. The number of hydrogen-bond donors (Lipinski definition) is 7. The number of rotatable bonds is 5. The first-order valence-corrected chi connectivity index (χ1v) is 14.6. The quantitative estimate of drug-likeness (QED) is 0.103. The van der Waals surface area contributed by atoms with Gasteiger partial charge in [0.2, 0.25) is 5.95 Å². The Kier molecular flexibility index (Phi) is 12.1. The first kappa shape index (κ1) is 38.0. The molecule has 12 nitrogen and oxygen atoms in total. The first-order valence-electron chi connectivity index (χ1n) is 14.6. The van der Waals surface area contributed by atoms with Gasteiger partial charge in [0, 0.05) is 29.5 Å². The van der Waals surface area contributed by atoms with Crippen molar-refractivity contribution in [1.82, 2.24) is 15.3 Å². The number of guanidine groups is 1. The second-order valence-corrected chi connectivity index (χ2v) is 11.1. The Labute approximate surface area is 275 Å². The van der Waals surface area contributed by atoms with Crippen LogP contribution in [0.3, 0.4) is 0 Å². The second-order valence-electron chi connectivity index (χ2n) is 11.1. The van der Waals surface area contributed by atoms with Gasteiger partial charge >= 0.3 is 24.3 Å². The normalized spacial score (nSPS) is 17.1. The van der Waals surface area contributed by atoms with E-state index in [0.29, 0.717) is 12.2 Å². The van der Waals surface area contributed by atoms with Gasteiger partial charge in [-0.05, 0) is 55.5 Å². The number of alkyl halides is 6. The molecule has 0 saturated heterocycles. The maximum absolute atomic E-state index is 13.2. The molecule has 2 aliphatic carbocycles. The van der Waals surface area contributed by atoms with Gasteiger partial charge in [-0.25, -0.2) is 14.6 Å². The van der Waals surface area contributed by atoms with E-state index < -0.39 is 24.3 Å². The van der Waals surface area contributed by atoms with Crippen LogP contribution in [-0.4, -0.2) is 68.4 Å². The number of aliphatic carboxylic acids is 2. The molecule has 0 bridgehead atoms. The number of hydrogen-bond acceptors (Lipinski definition) is 7. The van der Waals surface area contributed by atoms with E-state index in [-0.39, 0.29) is 29.9 Å². The predicted molar refractivity (Wildman–Crippen MR) is 168 cm³/mol. The summed E-state index contributed by atoms with van der Waals surface area (Å²) in [5.74, 6) is -4.76. The minimum atomic E-state index is -5.08. The van der Waals surface area contributed by atoms with E-state index in [1.165, 1.54) is 0 Å². The molecular weight excluding hydrogens is 664 g/mol. The van der Waals surface area contributed by atoms with Gasteiger partial charge in [-0.15, -0.1) is 0 Å². The van der Waals surface area contributed by atoms with E-state index in [4.69, 9.17) is 35.9 Å². The molecule has 5 rings (SSSR count). The monoisotopic (exact) mass is 697 g/mol. The Hall–Kier alpha value is -5.42. The molecule has 49 heavy (non-hydrogen) atoms. The third kappa shape index (κ3) is 10.5. The second kappa shape index (κ2) is 15.7. The number of nitrogens with two attached hydrogens (primary N) is 1. The van der Waals surface area contributed by atoms with Gasteiger partial charge in [-0.2, -0.15) is 31.3 Å². The molecule has 264 valence electrons. The maximum atomic E-state index is 13.2. The Bertz CT molecular complexity index is 1740. The third-order valence-corrected chi connectivity index (χ3v) is 7.51. The molecule has 2 aromatic carbocycles. The van der Waals surface area contributed by atoms with E-state index in [1.54, 1.807) is 0 Å². The predicted octanol–water partition coefficient (Wildman–Crippen LogP) is 5.38. The first-order chi connectivity index (χ1) is 22.8. The number of carbonyl (C=O) groups excluding carboxylic acids is 1. The molecular formula is C31H33F6N7O5. The lowest BCUT2D eigenvalue weighted by molar-refractivity contribution is -0.193. The zero-order valence-electron chi connectivity index (χ0n) is 26.1. The Morgan fingerprint density at radius 2 is 1.47 bits per heavy atom. The summed E-state index contributed by atoms with van der Waals surface area (Å²) >= 11 is 0. The zero-order chi connectivity index (χ0) is 36.7. The van der Waals surface area contributed by atoms with Gasteiger partial charge in [0.15, 0.2) is 5.96 Å². The van der Waals surface area contributed by atoms with E-state index in [2.05, 4.69) is 39.1 Å². The molecule has 1 amide bonds. The molecule has 18 heteroatoms. The molecule has 2 aliphatic rings. The van der Waals surface area contributed by atoms with Crippen LogP contribution in [-0.2, 0) is 20.8 Å². The highest BCUT2D eigenvalue weighted by Crippen LogP contribution is 2.33. The highest BCUT2D eigenvalue weighted by molar-refractivity contribution is 6.10. The third-order valence-electron chi connectivity index (χ3n) is 7.51. The van der Waals surface area contributed by atoms with Gasteiger partial charge < -0.3 is 26.6 Å². The molecule has 2 atom stereocenters.